The van der Waals surface area contributed by atoms with Crippen molar-refractivity contribution in [2.45, 2.75) is 25.7 Å². The van der Waals surface area contributed by atoms with Crippen LogP contribution in [0.15, 0.2) is 11.2 Å². The van der Waals surface area contributed by atoms with E-state index in [4.69, 9.17) is 11.6 Å². The van der Waals surface area contributed by atoms with E-state index in [2.05, 4.69) is 9.98 Å². The van der Waals surface area contributed by atoms with Crippen LogP contribution in [0.1, 0.15) is 24.1 Å². The molecule has 1 aromatic heterocycles. The summed E-state index contributed by atoms with van der Waals surface area (Å²) in [6.07, 6.45) is 8.02. The SMILES string of the molecule is CN(C)C=Nc1cnc2c(c1Cl)CCCC2. The van der Waals surface area contributed by atoms with Crippen LogP contribution in [0.2, 0.25) is 5.02 Å². The van der Waals surface area contributed by atoms with Crippen LogP contribution in [0.4, 0.5) is 5.69 Å². The Bertz CT molecular complexity index is 413. The van der Waals surface area contributed by atoms with Gasteiger partial charge in [-0.15, -0.1) is 0 Å². The summed E-state index contributed by atoms with van der Waals surface area (Å²) in [4.78, 5) is 10.6. The predicted octanol–water partition coefficient (Wildman–Crippen LogP) is 2.84. The number of nitrogens with zero attached hydrogens (tertiary/aromatic N) is 3. The first-order valence-corrected chi connectivity index (χ1v) is 5.93. The summed E-state index contributed by atoms with van der Waals surface area (Å²) in [5, 5.41) is 0.780. The predicted molar refractivity (Wildman–Crippen MR) is 67.7 cm³/mol. The van der Waals surface area contributed by atoms with Crippen molar-refractivity contribution in [3.05, 3.63) is 22.5 Å². The third kappa shape index (κ3) is 2.35. The molecule has 0 atom stereocenters. The topological polar surface area (TPSA) is 28.5 Å². The van der Waals surface area contributed by atoms with Crippen molar-refractivity contribution in [1.82, 2.24) is 9.88 Å². The van der Waals surface area contributed by atoms with E-state index in [1.54, 1.807) is 12.5 Å². The van der Waals surface area contributed by atoms with E-state index in [1.165, 1.54) is 18.4 Å². The van der Waals surface area contributed by atoms with Crippen LogP contribution in [0.25, 0.3) is 0 Å². The lowest BCUT2D eigenvalue weighted by Gasteiger charge is -2.16. The molecule has 0 saturated carbocycles. The quantitative estimate of drug-likeness (QED) is 0.585. The number of hydrogen-bond donors (Lipinski definition) is 0. The molecule has 86 valence electrons. The molecule has 1 heterocycles. The molecule has 0 radical (unpaired) electrons. The second-order valence-corrected chi connectivity index (χ2v) is 4.68. The maximum absolute atomic E-state index is 6.34. The molecule has 0 aromatic carbocycles. The second-order valence-electron chi connectivity index (χ2n) is 4.30. The summed E-state index contributed by atoms with van der Waals surface area (Å²) in [7, 11) is 3.87. The van der Waals surface area contributed by atoms with E-state index in [-0.39, 0.29) is 0 Å². The number of fused-ring (bicyclic) bond motifs is 1. The largest absolute Gasteiger partial charge is 0.369 e. The van der Waals surface area contributed by atoms with Gasteiger partial charge in [-0.05, 0) is 31.2 Å². The minimum absolute atomic E-state index is 0.774. The standard InChI is InChI=1S/C12H16ClN3/c1-16(2)8-15-11-7-14-10-6-4-3-5-9(10)12(11)13/h7-8H,3-6H2,1-2H3. The van der Waals surface area contributed by atoms with Crippen molar-refractivity contribution in [1.29, 1.82) is 0 Å². The molecule has 0 bridgehead atoms. The average molecular weight is 238 g/mol. The Labute approximate surface area is 101 Å². The Morgan fingerprint density at radius 2 is 2.12 bits per heavy atom. The maximum atomic E-state index is 6.34. The number of halogens is 1. The van der Waals surface area contributed by atoms with Crippen molar-refractivity contribution in [3.63, 3.8) is 0 Å². The molecule has 0 saturated heterocycles. The molecule has 1 aliphatic carbocycles. The van der Waals surface area contributed by atoms with Gasteiger partial charge in [-0.3, -0.25) is 4.98 Å². The van der Waals surface area contributed by atoms with Crippen LogP contribution in [0.5, 0.6) is 0 Å². The highest BCUT2D eigenvalue weighted by Crippen LogP contribution is 2.33. The third-order valence-electron chi connectivity index (χ3n) is 2.70. The number of pyridine rings is 1. The zero-order valence-electron chi connectivity index (χ0n) is 9.70. The molecule has 0 N–H and O–H groups in total. The Balaban J connectivity index is 2.34. The van der Waals surface area contributed by atoms with Crippen molar-refractivity contribution >= 4 is 23.6 Å². The molecular formula is C12H16ClN3. The molecule has 1 aliphatic rings. The van der Waals surface area contributed by atoms with Gasteiger partial charge in [0.2, 0.25) is 0 Å². The van der Waals surface area contributed by atoms with Gasteiger partial charge in [-0.25, -0.2) is 4.99 Å². The molecular weight excluding hydrogens is 222 g/mol. The number of aliphatic imine (C=N–C) groups is 1. The van der Waals surface area contributed by atoms with Gasteiger partial charge in [0.25, 0.3) is 0 Å². The Hall–Kier alpha value is -1.09. The first-order valence-electron chi connectivity index (χ1n) is 5.55. The summed E-state index contributed by atoms with van der Waals surface area (Å²) >= 11 is 6.34. The molecule has 0 spiro atoms. The Morgan fingerprint density at radius 3 is 2.88 bits per heavy atom. The highest BCUT2D eigenvalue weighted by molar-refractivity contribution is 6.33. The Kier molecular flexibility index (Phi) is 3.44. The first-order chi connectivity index (χ1) is 7.68. The molecule has 0 unspecified atom stereocenters. The number of aryl methyl sites for hydroxylation is 1. The number of hydrogen-bond acceptors (Lipinski definition) is 2. The summed E-state index contributed by atoms with van der Waals surface area (Å²) < 4.78 is 0. The highest BCUT2D eigenvalue weighted by Gasteiger charge is 2.16. The first kappa shape index (κ1) is 11.4. The summed E-state index contributed by atoms with van der Waals surface area (Å²) in [6.45, 7) is 0. The van der Waals surface area contributed by atoms with Gasteiger partial charge in [-0.2, -0.15) is 0 Å². The minimum atomic E-state index is 0.774. The van der Waals surface area contributed by atoms with Crippen molar-refractivity contribution in [3.8, 4) is 0 Å². The van der Waals surface area contributed by atoms with Gasteiger partial charge in [0, 0.05) is 19.8 Å². The van der Waals surface area contributed by atoms with Gasteiger partial charge in [0.1, 0.15) is 5.69 Å². The van der Waals surface area contributed by atoms with Crippen molar-refractivity contribution in [2.75, 3.05) is 14.1 Å². The fourth-order valence-corrected chi connectivity index (χ4v) is 2.19. The molecule has 2 rings (SSSR count). The lowest BCUT2D eigenvalue weighted by atomic mass is 9.96. The van der Waals surface area contributed by atoms with Crippen molar-refractivity contribution < 1.29 is 0 Å². The van der Waals surface area contributed by atoms with Crippen LogP contribution in [-0.2, 0) is 12.8 Å². The molecule has 4 heteroatoms. The zero-order chi connectivity index (χ0) is 11.5. The molecule has 16 heavy (non-hydrogen) atoms. The lowest BCUT2D eigenvalue weighted by molar-refractivity contribution is 0.643. The van der Waals surface area contributed by atoms with E-state index in [9.17, 15) is 0 Å². The van der Waals surface area contributed by atoms with Crippen LogP contribution >= 0.6 is 11.6 Å². The zero-order valence-corrected chi connectivity index (χ0v) is 10.5. The molecule has 1 aromatic rings. The Morgan fingerprint density at radius 1 is 1.38 bits per heavy atom. The number of aromatic nitrogens is 1. The van der Waals surface area contributed by atoms with Crippen LogP contribution in [-0.4, -0.2) is 30.3 Å². The third-order valence-corrected chi connectivity index (χ3v) is 3.12. The van der Waals surface area contributed by atoms with Crippen LogP contribution < -0.4 is 0 Å². The van der Waals surface area contributed by atoms with E-state index in [0.717, 1.165) is 29.2 Å². The van der Waals surface area contributed by atoms with Gasteiger partial charge < -0.3 is 4.90 Å². The summed E-state index contributed by atoms with van der Waals surface area (Å²) in [5.41, 5.74) is 3.12. The van der Waals surface area contributed by atoms with Gasteiger partial charge in [0.05, 0.1) is 17.6 Å². The second kappa shape index (κ2) is 4.83. The minimum Gasteiger partial charge on any atom is -0.369 e. The normalized spacial score (nSPS) is 15.2. The van der Waals surface area contributed by atoms with E-state index < -0.39 is 0 Å². The maximum Gasteiger partial charge on any atom is 0.102 e. The monoisotopic (exact) mass is 237 g/mol. The van der Waals surface area contributed by atoms with Crippen LogP contribution in [0, 0.1) is 0 Å². The fourth-order valence-electron chi connectivity index (χ4n) is 1.89. The van der Waals surface area contributed by atoms with Gasteiger partial charge >= 0.3 is 0 Å². The van der Waals surface area contributed by atoms with Gasteiger partial charge in [0.15, 0.2) is 0 Å². The van der Waals surface area contributed by atoms with E-state index >= 15 is 0 Å². The lowest BCUT2D eigenvalue weighted by Crippen LogP contribution is -2.08. The average Bonchev–Trinajstić information content (AvgIpc) is 2.28. The molecule has 0 fully saturated rings. The smallest absolute Gasteiger partial charge is 0.102 e. The van der Waals surface area contributed by atoms with Crippen LogP contribution in [0.3, 0.4) is 0 Å². The highest BCUT2D eigenvalue weighted by atomic mass is 35.5. The number of rotatable bonds is 2. The van der Waals surface area contributed by atoms with Gasteiger partial charge in [-0.1, -0.05) is 11.6 Å². The van der Waals surface area contributed by atoms with E-state index in [0.29, 0.717) is 0 Å². The van der Waals surface area contributed by atoms with E-state index in [1.807, 2.05) is 19.0 Å². The molecule has 3 nitrogen and oxygen atoms in total. The summed E-state index contributed by atoms with van der Waals surface area (Å²) in [5.74, 6) is 0. The summed E-state index contributed by atoms with van der Waals surface area (Å²) in [6, 6.07) is 0. The van der Waals surface area contributed by atoms with Crippen molar-refractivity contribution in [2.24, 2.45) is 4.99 Å². The molecule has 0 aliphatic heterocycles. The fraction of sp³-hybridized carbons (Fsp3) is 0.500. The molecule has 0 amide bonds.